The van der Waals surface area contributed by atoms with Crippen LogP contribution in [0.25, 0.3) is 0 Å². The maximum Gasteiger partial charge on any atom is 0.257 e. The van der Waals surface area contributed by atoms with Crippen molar-refractivity contribution in [2.45, 2.75) is 26.2 Å². The largest absolute Gasteiger partial charge is 0.322 e. The van der Waals surface area contributed by atoms with Crippen molar-refractivity contribution in [2.75, 3.05) is 5.32 Å². The van der Waals surface area contributed by atoms with Gasteiger partial charge in [0.2, 0.25) is 0 Å². The van der Waals surface area contributed by atoms with Gasteiger partial charge >= 0.3 is 0 Å². The van der Waals surface area contributed by atoms with E-state index in [0.29, 0.717) is 10.6 Å². The molecule has 0 aliphatic carbocycles. The molecule has 0 saturated heterocycles. The summed E-state index contributed by atoms with van der Waals surface area (Å²) in [5.74, 6) is -0.210. The van der Waals surface area contributed by atoms with Crippen molar-refractivity contribution in [2.24, 2.45) is 0 Å². The number of hydrogen-bond acceptors (Lipinski definition) is 1. The molecule has 2 aromatic rings. The van der Waals surface area contributed by atoms with Gasteiger partial charge in [0.25, 0.3) is 5.91 Å². The van der Waals surface area contributed by atoms with Gasteiger partial charge in [-0.1, -0.05) is 66.5 Å². The summed E-state index contributed by atoms with van der Waals surface area (Å²) in [4.78, 5) is 12.4. The Morgan fingerprint density at radius 1 is 1.14 bits per heavy atom. The van der Waals surface area contributed by atoms with Crippen LogP contribution in [-0.4, -0.2) is 5.91 Å². The van der Waals surface area contributed by atoms with Crippen LogP contribution in [-0.2, 0) is 5.41 Å². The van der Waals surface area contributed by atoms with E-state index in [9.17, 15) is 4.79 Å². The van der Waals surface area contributed by atoms with Crippen LogP contribution in [0.4, 0.5) is 5.69 Å². The maximum atomic E-state index is 12.4. The smallest absolute Gasteiger partial charge is 0.257 e. The van der Waals surface area contributed by atoms with Gasteiger partial charge in [-0.3, -0.25) is 4.79 Å². The van der Waals surface area contributed by atoms with Crippen LogP contribution in [0.1, 0.15) is 36.7 Å². The van der Waals surface area contributed by atoms with Crippen LogP contribution >= 0.6 is 27.5 Å². The molecular formula is C17H17BrClNO. The van der Waals surface area contributed by atoms with E-state index in [4.69, 9.17) is 11.6 Å². The third-order valence-electron chi connectivity index (χ3n) is 3.16. The highest BCUT2D eigenvalue weighted by atomic mass is 79.9. The lowest BCUT2D eigenvalue weighted by molar-refractivity contribution is 0.102. The SMILES string of the molecule is CC(C)(C)c1ccccc1NC(=O)c1cc(Br)ccc1Cl. The number of carbonyl (C=O) groups is 1. The minimum absolute atomic E-state index is 0.0507. The van der Waals surface area contributed by atoms with Crippen LogP contribution in [0.15, 0.2) is 46.9 Å². The molecule has 0 atom stereocenters. The normalized spacial score (nSPS) is 11.3. The van der Waals surface area contributed by atoms with E-state index in [-0.39, 0.29) is 11.3 Å². The fraction of sp³-hybridized carbons (Fsp3) is 0.235. The van der Waals surface area contributed by atoms with Gasteiger partial charge < -0.3 is 5.32 Å². The summed E-state index contributed by atoms with van der Waals surface area (Å²) in [5.41, 5.74) is 2.30. The van der Waals surface area contributed by atoms with Crippen molar-refractivity contribution in [3.63, 3.8) is 0 Å². The van der Waals surface area contributed by atoms with Crippen molar-refractivity contribution in [1.29, 1.82) is 0 Å². The molecule has 21 heavy (non-hydrogen) atoms. The van der Waals surface area contributed by atoms with E-state index in [2.05, 4.69) is 42.0 Å². The summed E-state index contributed by atoms with van der Waals surface area (Å²) < 4.78 is 0.821. The highest BCUT2D eigenvalue weighted by Gasteiger charge is 2.19. The fourth-order valence-electron chi connectivity index (χ4n) is 2.11. The zero-order valence-electron chi connectivity index (χ0n) is 12.2. The number of benzene rings is 2. The predicted octanol–water partition coefficient (Wildman–Crippen LogP) is 5.65. The Balaban J connectivity index is 2.35. The molecule has 0 saturated carbocycles. The lowest BCUT2D eigenvalue weighted by Gasteiger charge is -2.23. The topological polar surface area (TPSA) is 29.1 Å². The number of hydrogen-bond donors (Lipinski definition) is 1. The molecule has 0 fully saturated rings. The Labute approximate surface area is 138 Å². The quantitative estimate of drug-likeness (QED) is 0.731. The number of anilines is 1. The van der Waals surface area contributed by atoms with Crippen molar-refractivity contribution in [1.82, 2.24) is 0 Å². The molecule has 0 heterocycles. The average molecular weight is 367 g/mol. The minimum atomic E-state index is -0.210. The highest BCUT2D eigenvalue weighted by Crippen LogP contribution is 2.30. The van der Waals surface area contributed by atoms with Gasteiger partial charge in [0, 0.05) is 10.2 Å². The first-order valence-electron chi connectivity index (χ1n) is 6.65. The van der Waals surface area contributed by atoms with E-state index >= 15 is 0 Å². The van der Waals surface area contributed by atoms with Gasteiger partial charge in [0.05, 0.1) is 10.6 Å². The summed E-state index contributed by atoms with van der Waals surface area (Å²) in [6.45, 7) is 6.35. The van der Waals surface area contributed by atoms with Crippen LogP contribution in [0.2, 0.25) is 5.02 Å². The lowest BCUT2D eigenvalue weighted by Crippen LogP contribution is -2.19. The van der Waals surface area contributed by atoms with E-state index in [1.807, 2.05) is 30.3 Å². The van der Waals surface area contributed by atoms with Gasteiger partial charge in [0.1, 0.15) is 0 Å². The molecule has 2 nitrogen and oxygen atoms in total. The Morgan fingerprint density at radius 2 is 1.81 bits per heavy atom. The van der Waals surface area contributed by atoms with E-state index in [1.165, 1.54) is 0 Å². The number of carbonyl (C=O) groups excluding carboxylic acids is 1. The molecule has 110 valence electrons. The first kappa shape index (κ1) is 16.1. The third-order valence-corrected chi connectivity index (χ3v) is 3.98. The molecular weight excluding hydrogens is 350 g/mol. The summed E-state index contributed by atoms with van der Waals surface area (Å²) in [7, 11) is 0. The molecule has 0 aliphatic rings. The second-order valence-electron chi connectivity index (χ2n) is 5.87. The van der Waals surface area contributed by atoms with Gasteiger partial charge in [-0.25, -0.2) is 0 Å². The third kappa shape index (κ3) is 3.86. The van der Waals surface area contributed by atoms with E-state index in [1.54, 1.807) is 12.1 Å². The average Bonchev–Trinajstić information content (AvgIpc) is 2.41. The molecule has 2 aromatic carbocycles. The number of nitrogens with one attached hydrogen (secondary N) is 1. The molecule has 0 aliphatic heterocycles. The summed E-state index contributed by atoms with van der Waals surface area (Å²) in [6, 6.07) is 13.0. The molecule has 0 radical (unpaired) electrons. The van der Waals surface area contributed by atoms with Crippen molar-refractivity contribution >= 4 is 39.1 Å². The zero-order valence-corrected chi connectivity index (χ0v) is 14.5. The number of halogens is 2. The summed E-state index contributed by atoms with van der Waals surface area (Å²) in [5, 5.41) is 3.39. The van der Waals surface area contributed by atoms with Crippen LogP contribution in [0.3, 0.4) is 0 Å². The van der Waals surface area contributed by atoms with Gasteiger partial charge in [-0.05, 0) is 35.2 Å². The Morgan fingerprint density at radius 3 is 2.48 bits per heavy atom. The molecule has 4 heteroatoms. The summed E-state index contributed by atoms with van der Waals surface area (Å²) in [6.07, 6.45) is 0. The molecule has 1 N–H and O–H groups in total. The monoisotopic (exact) mass is 365 g/mol. The Hall–Kier alpha value is -1.32. The van der Waals surface area contributed by atoms with Crippen LogP contribution in [0, 0.1) is 0 Å². The van der Waals surface area contributed by atoms with Crippen molar-refractivity contribution in [3.05, 3.63) is 63.1 Å². The minimum Gasteiger partial charge on any atom is -0.322 e. The van der Waals surface area contributed by atoms with Crippen LogP contribution in [0.5, 0.6) is 0 Å². The standard InChI is InChI=1S/C17H17BrClNO/c1-17(2,3)13-6-4-5-7-15(13)20-16(21)12-10-11(18)8-9-14(12)19/h4-10H,1-3H3,(H,20,21). The van der Waals surface area contributed by atoms with E-state index in [0.717, 1.165) is 15.7 Å². The molecule has 0 spiro atoms. The molecule has 0 bridgehead atoms. The van der Waals surface area contributed by atoms with Gasteiger partial charge in [0.15, 0.2) is 0 Å². The van der Waals surface area contributed by atoms with Crippen LogP contribution < -0.4 is 5.32 Å². The maximum absolute atomic E-state index is 12.4. The first-order valence-corrected chi connectivity index (χ1v) is 7.82. The van der Waals surface area contributed by atoms with E-state index < -0.39 is 0 Å². The number of rotatable bonds is 2. The predicted molar refractivity (Wildman–Crippen MR) is 92.2 cm³/mol. The van der Waals surface area contributed by atoms with Crippen molar-refractivity contribution < 1.29 is 4.79 Å². The molecule has 2 rings (SSSR count). The number of amides is 1. The lowest BCUT2D eigenvalue weighted by atomic mass is 9.86. The molecule has 0 aromatic heterocycles. The fourth-order valence-corrected chi connectivity index (χ4v) is 2.67. The zero-order chi connectivity index (χ0) is 15.6. The van der Waals surface area contributed by atoms with Gasteiger partial charge in [-0.2, -0.15) is 0 Å². The molecule has 1 amide bonds. The number of para-hydroxylation sites is 1. The van der Waals surface area contributed by atoms with Gasteiger partial charge in [-0.15, -0.1) is 0 Å². The highest BCUT2D eigenvalue weighted by molar-refractivity contribution is 9.10. The molecule has 0 unspecified atom stereocenters. The second-order valence-corrected chi connectivity index (χ2v) is 7.20. The second kappa shape index (κ2) is 6.20. The Bertz CT molecular complexity index is 677. The summed E-state index contributed by atoms with van der Waals surface area (Å²) >= 11 is 9.46. The Kier molecular flexibility index (Phi) is 4.74. The van der Waals surface area contributed by atoms with Crippen molar-refractivity contribution in [3.8, 4) is 0 Å². The first-order chi connectivity index (χ1) is 9.79.